The Balaban J connectivity index is 2.61. The van der Waals surface area contributed by atoms with Crippen molar-refractivity contribution in [2.24, 2.45) is 0 Å². The van der Waals surface area contributed by atoms with Crippen molar-refractivity contribution in [3.63, 3.8) is 0 Å². The number of fused-ring (bicyclic) bond motifs is 1. The fourth-order valence-electron chi connectivity index (χ4n) is 1.60. The third-order valence-corrected chi connectivity index (χ3v) is 2.56. The topological polar surface area (TPSA) is 85.4 Å². The highest BCUT2D eigenvalue weighted by molar-refractivity contribution is 7.67. The van der Waals surface area contributed by atoms with E-state index in [1.165, 1.54) is 13.0 Å². The second-order valence-corrected chi connectivity index (χ2v) is 4.14. The number of carbonyl (C=O) groups excluding carboxylic acids is 1. The molecule has 2 rings (SSSR count). The van der Waals surface area contributed by atoms with Gasteiger partial charge in [0.25, 0.3) is 11.0 Å². The van der Waals surface area contributed by atoms with Crippen LogP contribution in [0.3, 0.4) is 0 Å². The molecule has 0 fully saturated rings. The van der Waals surface area contributed by atoms with Gasteiger partial charge in [0, 0.05) is 18.5 Å². The molecule has 0 aliphatic heterocycles. The van der Waals surface area contributed by atoms with Gasteiger partial charge in [0.05, 0.1) is 11.2 Å². The maximum Gasteiger partial charge on any atom is 0.299 e. The molecule has 1 aromatic heterocycles. The number of carbonyl (C=O) groups is 1. The molecule has 0 aliphatic carbocycles. The molecule has 0 saturated carbocycles. The third kappa shape index (κ3) is 2.57. The van der Waals surface area contributed by atoms with Crippen molar-refractivity contribution in [3.05, 3.63) is 30.5 Å². The van der Waals surface area contributed by atoms with Gasteiger partial charge in [-0.25, -0.2) is 0 Å². The van der Waals surface area contributed by atoms with Crippen LogP contribution in [0.4, 0.5) is 5.69 Å². The molecule has 7 heteroatoms. The molecule has 1 heterocycles. The SMILES string of the molecule is CC(=O)Nc1ccc(O[SH](=O)=O)c2cccnc12. The zero-order valence-electron chi connectivity index (χ0n) is 9.41. The van der Waals surface area contributed by atoms with Crippen LogP contribution >= 0.6 is 0 Å². The molecule has 1 aromatic carbocycles. The van der Waals surface area contributed by atoms with Gasteiger partial charge in [0.2, 0.25) is 5.91 Å². The van der Waals surface area contributed by atoms with Gasteiger partial charge in [-0.3, -0.25) is 9.78 Å². The molecular weight excluding hydrogens is 256 g/mol. The standard InChI is InChI=1S/C11H10N2O4S/c1-7(14)13-9-4-5-10(17-18(15)16)8-3-2-6-12-11(8)9/h2-6,18H,1H3,(H,13,14). The van der Waals surface area contributed by atoms with E-state index in [9.17, 15) is 13.2 Å². The Hall–Kier alpha value is -2.15. The summed E-state index contributed by atoms with van der Waals surface area (Å²) in [6, 6.07) is 6.34. The number of anilines is 1. The lowest BCUT2D eigenvalue weighted by atomic mass is 10.1. The number of rotatable bonds is 3. The molecule has 0 aliphatic rings. The van der Waals surface area contributed by atoms with Crippen molar-refractivity contribution in [3.8, 4) is 5.75 Å². The molecular formula is C11H10N2O4S. The van der Waals surface area contributed by atoms with E-state index in [0.29, 0.717) is 16.6 Å². The van der Waals surface area contributed by atoms with Gasteiger partial charge in [-0.05, 0) is 24.3 Å². The fourth-order valence-corrected chi connectivity index (χ4v) is 1.92. The first-order chi connectivity index (χ1) is 8.58. The van der Waals surface area contributed by atoms with E-state index in [4.69, 9.17) is 0 Å². The second kappa shape index (κ2) is 5.01. The molecule has 1 N–H and O–H groups in total. The van der Waals surface area contributed by atoms with Crippen molar-refractivity contribution < 1.29 is 17.4 Å². The van der Waals surface area contributed by atoms with E-state index in [1.54, 1.807) is 24.4 Å². The Bertz CT molecular complexity index is 674. The monoisotopic (exact) mass is 266 g/mol. The minimum Gasteiger partial charge on any atom is -0.384 e. The molecule has 0 saturated heterocycles. The summed E-state index contributed by atoms with van der Waals surface area (Å²) in [4.78, 5) is 15.2. The maximum absolute atomic E-state index is 11.1. The minimum atomic E-state index is -2.99. The molecule has 2 aromatic rings. The summed E-state index contributed by atoms with van der Waals surface area (Å²) >= 11 is 0. The lowest BCUT2D eigenvalue weighted by Crippen LogP contribution is -2.06. The summed E-state index contributed by atoms with van der Waals surface area (Å²) in [6.45, 7) is 1.38. The minimum absolute atomic E-state index is 0.184. The maximum atomic E-state index is 11.1. The van der Waals surface area contributed by atoms with Crippen molar-refractivity contribution in [1.29, 1.82) is 0 Å². The fraction of sp³-hybridized carbons (Fsp3) is 0.0909. The van der Waals surface area contributed by atoms with Gasteiger partial charge >= 0.3 is 0 Å². The van der Waals surface area contributed by atoms with E-state index in [-0.39, 0.29) is 11.7 Å². The summed E-state index contributed by atoms with van der Waals surface area (Å²) < 4.78 is 25.9. The zero-order valence-corrected chi connectivity index (χ0v) is 10.3. The van der Waals surface area contributed by atoms with Gasteiger partial charge in [0.1, 0.15) is 0 Å². The van der Waals surface area contributed by atoms with Crippen LogP contribution < -0.4 is 9.50 Å². The summed E-state index contributed by atoms with van der Waals surface area (Å²) in [5, 5.41) is 3.14. The lowest BCUT2D eigenvalue weighted by molar-refractivity contribution is -0.114. The quantitative estimate of drug-likeness (QED) is 0.812. The van der Waals surface area contributed by atoms with Gasteiger partial charge in [-0.1, -0.05) is 0 Å². The highest BCUT2D eigenvalue weighted by Gasteiger charge is 2.09. The van der Waals surface area contributed by atoms with Crippen molar-refractivity contribution in [2.45, 2.75) is 6.92 Å². The zero-order chi connectivity index (χ0) is 13.1. The number of benzene rings is 1. The van der Waals surface area contributed by atoms with Gasteiger partial charge in [0.15, 0.2) is 5.75 Å². The number of thiol groups is 1. The van der Waals surface area contributed by atoms with Crippen LogP contribution in [0.2, 0.25) is 0 Å². The lowest BCUT2D eigenvalue weighted by Gasteiger charge is -2.08. The second-order valence-electron chi connectivity index (χ2n) is 3.51. The summed E-state index contributed by atoms with van der Waals surface area (Å²) in [6.07, 6.45) is 1.55. The number of aromatic nitrogens is 1. The average molecular weight is 266 g/mol. The molecule has 0 spiro atoms. The van der Waals surface area contributed by atoms with Crippen LogP contribution in [0.15, 0.2) is 30.5 Å². The van der Waals surface area contributed by atoms with E-state index in [1.807, 2.05) is 0 Å². The van der Waals surface area contributed by atoms with Crippen LogP contribution in [-0.4, -0.2) is 19.3 Å². The van der Waals surface area contributed by atoms with Crippen LogP contribution in [0.25, 0.3) is 10.9 Å². The summed E-state index contributed by atoms with van der Waals surface area (Å²) in [5.41, 5.74) is 0.980. The number of nitrogens with zero attached hydrogens (tertiary/aromatic N) is 1. The van der Waals surface area contributed by atoms with E-state index in [0.717, 1.165) is 0 Å². The van der Waals surface area contributed by atoms with E-state index < -0.39 is 11.0 Å². The van der Waals surface area contributed by atoms with Crippen LogP contribution in [-0.2, 0) is 15.8 Å². The molecule has 1 amide bonds. The van der Waals surface area contributed by atoms with Gasteiger partial charge < -0.3 is 9.50 Å². The summed E-state index contributed by atoms with van der Waals surface area (Å²) in [7, 11) is -2.99. The third-order valence-electron chi connectivity index (χ3n) is 2.21. The van der Waals surface area contributed by atoms with Crippen LogP contribution in [0, 0.1) is 0 Å². The highest BCUT2D eigenvalue weighted by atomic mass is 32.2. The van der Waals surface area contributed by atoms with E-state index in [2.05, 4.69) is 14.5 Å². The van der Waals surface area contributed by atoms with Crippen LogP contribution in [0.1, 0.15) is 6.92 Å². The average Bonchev–Trinajstić information content (AvgIpc) is 2.31. The molecule has 0 radical (unpaired) electrons. The number of pyridine rings is 1. The Morgan fingerprint density at radius 2 is 2.11 bits per heavy atom. The highest BCUT2D eigenvalue weighted by Crippen LogP contribution is 2.30. The van der Waals surface area contributed by atoms with Gasteiger partial charge in [-0.2, -0.15) is 8.42 Å². The Morgan fingerprint density at radius 3 is 2.78 bits per heavy atom. The molecule has 6 nitrogen and oxygen atoms in total. The van der Waals surface area contributed by atoms with E-state index >= 15 is 0 Å². The van der Waals surface area contributed by atoms with Gasteiger partial charge in [-0.15, -0.1) is 0 Å². The largest absolute Gasteiger partial charge is 0.384 e. The molecule has 18 heavy (non-hydrogen) atoms. The predicted molar refractivity (Wildman–Crippen MR) is 67.0 cm³/mol. The Kier molecular flexibility index (Phi) is 3.42. The van der Waals surface area contributed by atoms with Crippen molar-refractivity contribution in [2.75, 3.05) is 5.32 Å². The number of amides is 1. The van der Waals surface area contributed by atoms with Crippen LogP contribution in [0.5, 0.6) is 5.75 Å². The Labute approximate surface area is 105 Å². The summed E-state index contributed by atoms with van der Waals surface area (Å²) in [5.74, 6) is -0.0474. The molecule has 94 valence electrons. The molecule has 0 unspecified atom stereocenters. The molecule has 0 bridgehead atoms. The Morgan fingerprint density at radius 1 is 1.33 bits per heavy atom. The normalized spacial score (nSPS) is 10.6. The first-order valence-electron chi connectivity index (χ1n) is 5.05. The number of hydrogen-bond acceptors (Lipinski definition) is 5. The van der Waals surface area contributed by atoms with Crippen molar-refractivity contribution in [1.82, 2.24) is 4.98 Å². The smallest absolute Gasteiger partial charge is 0.299 e. The first kappa shape index (κ1) is 12.3. The predicted octanol–water partition coefficient (Wildman–Crippen LogP) is 1.10. The number of hydrogen-bond donors (Lipinski definition) is 2. The molecule has 0 atom stereocenters. The number of nitrogens with one attached hydrogen (secondary N) is 1. The van der Waals surface area contributed by atoms with Crippen molar-refractivity contribution >= 4 is 33.5 Å². The first-order valence-corrected chi connectivity index (χ1v) is 6.15.